The zero-order valence-electron chi connectivity index (χ0n) is 10.5. The van der Waals surface area contributed by atoms with E-state index in [1.54, 1.807) is 0 Å². The van der Waals surface area contributed by atoms with Gasteiger partial charge in [0.05, 0.1) is 23.8 Å². The van der Waals surface area contributed by atoms with Gasteiger partial charge in [0.25, 0.3) is 0 Å². The van der Waals surface area contributed by atoms with Gasteiger partial charge in [0.15, 0.2) is 0 Å². The average molecular weight is 289 g/mol. The highest BCUT2D eigenvalue weighted by molar-refractivity contribution is 5.92. The molecule has 110 valence electrons. The van der Waals surface area contributed by atoms with Crippen LogP contribution >= 0.6 is 0 Å². The number of anilines is 1. The van der Waals surface area contributed by atoms with Gasteiger partial charge in [-0.3, -0.25) is 4.79 Å². The molecule has 1 aromatic rings. The third-order valence-corrected chi connectivity index (χ3v) is 3.04. The highest BCUT2D eigenvalue weighted by atomic mass is 19.4. The SMILES string of the molecule is O=C(C[C@H]1CCCO1)Nc1cc(C(F)(F)F)ccc1O. The van der Waals surface area contributed by atoms with Crippen molar-refractivity contribution in [3.05, 3.63) is 23.8 Å². The molecule has 0 unspecified atom stereocenters. The van der Waals surface area contributed by atoms with Crippen LogP contribution in [0.15, 0.2) is 18.2 Å². The quantitative estimate of drug-likeness (QED) is 0.841. The molecule has 1 aromatic carbocycles. The lowest BCUT2D eigenvalue weighted by Gasteiger charge is -2.13. The number of phenols is 1. The van der Waals surface area contributed by atoms with Crippen LogP contribution in [0.5, 0.6) is 5.75 Å². The van der Waals surface area contributed by atoms with Crippen molar-refractivity contribution in [1.29, 1.82) is 0 Å². The van der Waals surface area contributed by atoms with Gasteiger partial charge < -0.3 is 15.2 Å². The van der Waals surface area contributed by atoms with Crippen molar-refractivity contribution in [3.8, 4) is 5.75 Å². The largest absolute Gasteiger partial charge is 0.506 e. The topological polar surface area (TPSA) is 58.6 Å². The Labute approximate surface area is 113 Å². The molecule has 0 aliphatic carbocycles. The summed E-state index contributed by atoms with van der Waals surface area (Å²) in [6, 6.07) is 2.37. The van der Waals surface area contributed by atoms with Crippen molar-refractivity contribution in [2.75, 3.05) is 11.9 Å². The van der Waals surface area contributed by atoms with E-state index >= 15 is 0 Å². The van der Waals surface area contributed by atoms with Gasteiger partial charge in [-0.2, -0.15) is 13.2 Å². The maximum Gasteiger partial charge on any atom is 0.416 e. The normalized spacial score (nSPS) is 19.1. The predicted molar refractivity (Wildman–Crippen MR) is 65.3 cm³/mol. The Morgan fingerprint density at radius 3 is 2.80 bits per heavy atom. The number of ether oxygens (including phenoxy) is 1. The third kappa shape index (κ3) is 3.63. The Balaban J connectivity index is 2.06. The maximum atomic E-state index is 12.6. The molecule has 2 N–H and O–H groups in total. The van der Waals surface area contributed by atoms with Crippen LogP contribution in [0.25, 0.3) is 0 Å². The van der Waals surface area contributed by atoms with Gasteiger partial charge in [-0.1, -0.05) is 0 Å². The summed E-state index contributed by atoms with van der Waals surface area (Å²) < 4.78 is 42.9. The van der Waals surface area contributed by atoms with Gasteiger partial charge in [0, 0.05) is 6.61 Å². The summed E-state index contributed by atoms with van der Waals surface area (Å²) in [4.78, 5) is 11.7. The first-order valence-electron chi connectivity index (χ1n) is 6.18. The number of nitrogens with one attached hydrogen (secondary N) is 1. The van der Waals surface area contributed by atoms with Gasteiger partial charge in [-0.15, -0.1) is 0 Å². The van der Waals surface area contributed by atoms with Crippen LogP contribution in [0.4, 0.5) is 18.9 Å². The fourth-order valence-corrected chi connectivity index (χ4v) is 2.03. The van der Waals surface area contributed by atoms with E-state index < -0.39 is 23.4 Å². The smallest absolute Gasteiger partial charge is 0.416 e. The number of phenolic OH excluding ortho intramolecular Hbond substituents is 1. The van der Waals surface area contributed by atoms with Crippen molar-refractivity contribution in [2.45, 2.75) is 31.5 Å². The molecular weight excluding hydrogens is 275 g/mol. The summed E-state index contributed by atoms with van der Waals surface area (Å²) >= 11 is 0. The first kappa shape index (κ1) is 14.6. The Morgan fingerprint density at radius 1 is 1.45 bits per heavy atom. The van der Waals surface area contributed by atoms with Crippen molar-refractivity contribution in [1.82, 2.24) is 0 Å². The first-order chi connectivity index (χ1) is 9.36. The zero-order valence-corrected chi connectivity index (χ0v) is 10.5. The van der Waals surface area contributed by atoms with Gasteiger partial charge in [0.2, 0.25) is 5.91 Å². The number of rotatable bonds is 3. The summed E-state index contributed by atoms with van der Waals surface area (Å²) in [6.45, 7) is 0.590. The minimum Gasteiger partial charge on any atom is -0.506 e. The second-order valence-corrected chi connectivity index (χ2v) is 4.62. The summed E-state index contributed by atoms with van der Waals surface area (Å²) in [5.41, 5.74) is -1.18. The molecule has 1 heterocycles. The Bertz CT molecular complexity index is 496. The van der Waals surface area contributed by atoms with Gasteiger partial charge >= 0.3 is 6.18 Å². The second-order valence-electron chi connectivity index (χ2n) is 4.62. The molecule has 1 aliphatic rings. The Kier molecular flexibility index (Phi) is 4.17. The van der Waals surface area contributed by atoms with Crippen LogP contribution in [0.3, 0.4) is 0 Å². The molecule has 20 heavy (non-hydrogen) atoms. The number of aromatic hydroxyl groups is 1. The molecule has 0 aromatic heterocycles. The standard InChI is InChI=1S/C13H14F3NO3/c14-13(15,16)8-3-4-11(18)10(6-8)17-12(19)7-9-2-1-5-20-9/h3-4,6,9,18H,1-2,5,7H2,(H,17,19)/t9-/m1/s1. The Morgan fingerprint density at radius 2 is 2.20 bits per heavy atom. The van der Waals surface area contributed by atoms with Crippen LogP contribution in [-0.4, -0.2) is 23.7 Å². The molecule has 0 radical (unpaired) electrons. The van der Waals surface area contributed by atoms with E-state index in [0.717, 1.165) is 25.0 Å². The fourth-order valence-electron chi connectivity index (χ4n) is 2.03. The number of carbonyl (C=O) groups is 1. The molecule has 7 heteroatoms. The van der Waals surface area contributed by atoms with E-state index in [-0.39, 0.29) is 18.2 Å². The molecule has 1 aliphatic heterocycles. The van der Waals surface area contributed by atoms with Crippen molar-refractivity contribution < 1.29 is 27.8 Å². The molecule has 0 saturated carbocycles. The molecule has 1 amide bonds. The van der Waals surface area contributed by atoms with E-state index in [1.807, 2.05) is 0 Å². The molecular formula is C13H14F3NO3. The lowest BCUT2D eigenvalue weighted by atomic mass is 10.1. The Hall–Kier alpha value is -1.76. The number of alkyl halides is 3. The molecule has 1 saturated heterocycles. The first-order valence-corrected chi connectivity index (χ1v) is 6.18. The summed E-state index contributed by atoms with van der Waals surface area (Å²) in [7, 11) is 0. The number of amides is 1. The number of hydrogen-bond acceptors (Lipinski definition) is 3. The van der Waals surface area contributed by atoms with Crippen molar-refractivity contribution in [2.24, 2.45) is 0 Å². The minimum atomic E-state index is -4.53. The van der Waals surface area contributed by atoms with Crippen molar-refractivity contribution >= 4 is 11.6 Å². The zero-order chi connectivity index (χ0) is 14.8. The van der Waals surface area contributed by atoms with E-state index in [1.165, 1.54) is 0 Å². The lowest BCUT2D eigenvalue weighted by Crippen LogP contribution is -2.19. The second kappa shape index (κ2) is 5.70. The number of hydrogen-bond donors (Lipinski definition) is 2. The van der Waals surface area contributed by atoms with E-state index in [9.17, 15) is 23.1 Å². The third-order valence-electron chi connectivity index (χ3n) is 3.04. The average Bonchev–Trinajstić information content (AvgIpc) is 2.83. The highest BCUT2D eigenvalue weighted by Gasteiger charge is 2.31. The summed E-state index contributed by atoms with van der Waals surface area (Å²) in [5, 5.41) is 11.8. The van der Waals surface area contributed by atoms with Crippen LogP contribution in [-0.2, 0) is 15.7 Å². The summed E-state index contributed by atoms with van der Waals surface area (Å²) in [5.74, 6) is -0.884. The van der Waals surface area contributed by atoms with Crippen LogP contribution in [0, 0.1) is 0 Å². The molecule has 1 fully saturated rings. The van der Waals surface area contributed by atoms with E-state index in [0.29, 0.717) is 12.7 Å². The van der Waals surface area contributed by atoms with Crippen LogP contribution < -0.4 is 5.32 Å². The lowest BCUT2D eigenvalue weighted by molar-refractivity contribution is -0.137. The molecule has 1 atom stereocenters. The molecule has 0 bridgehead atoms. The molecule has 2 rings (SSSR count). The highest BCUT2D eigenvalue weighted by Crippen LogP contribution is 2.34. The minimum absolute atomic E-state index is 0.0652. The molecule has 0 spiro atoms. The van der Waals surface area contributed by atoms with Crippen molar-refractivity contribution in [3.63, 3.8) is 0 Å². The van der Waals surface area contributed by atoms with E-state index in [2.05, 4.69) is 5.32 Å². The van der Waals surface area contributed by atoms with Gasteiger partial charge in [0.1, 0.15) is 5.75 Å². The number of halogens is 3. The predicted octanol–water partition coefficient (Wildman–Crippen LogP) is 2.92. The fraction of sp³-hybridized carbons (Fsp3) is 0.462. The van der Waals surface area contributed by atoms with E-state index in [4.69, 9.17) is 4.74 Å². The number of benzene rings is 1. The monoisotopic (exact) mass is 289 g/mol. The van der Waals surface area contributed by atoms with Crippen LogP contribution in [0.2, 0.25) is 0 Å². The summed E-state index contributed by atoms with van der Waals surface area (Å²) in [6.07, 6.45) is -3.05. The van der Waals surface area contributed by atoms with Gasteiger partial charge in [-0.05, 0) is 31.0 Å². The molecule has 4 nitrogen and oxygen atoms in total. The van der Waals surface area contributed by atoms with Gasteiger partial charge in [-0.25, -0.2) is 0 Å². The number of carbonyl (C=O) groups excluding carboxylic acids is 1. The maximum absolute atomic E-state index is 12.6. The van der Waals surface area contributed by atoms with Crippen LogP contribution in [0.1, 0.15) is 24.8 Å².